The van der Waals surface area contributed by atoms with E-state index in [-0.39, 0.29) is 30.1 Å². The predicted molar refractivity (Wildman–Crippen MR) is 128 cm³/mol. The number of morpholine rings is 1. The Morgan fingerprint density at radius 2 is 2.20 bits per heavy atom. The van der Waals surface area contributed by atoms with Crippen LogP contribution < -0.4 is 14.8 Å². The molecule has 1 fully saturated rings. The molecule has 2 heterocycles. The van der Waals surface area contributed by atoms with E-state index >= 15 is 0 Å². The van der Waals surface area contributed by atoms with Crippen molar-refractivity contribution < 1.29 is 14.2 Å². The van der Waals surface area contributed by atoms with E-state index in [1.54, 1.807) is 18.8 Å². The second-order valence-corrected chi connectivity index (χ2v) is 6.99. The van der Waals surface area contributed by atoms with Crippen LogP contribution in [-0.4, -0.2) is 61.1 Å². The molecule has 1 aromatic carbocycles. The second-order valence-electron chi connectivity index (χ2n) is 6.99. The van der Waals surface area contributed by atoms with Gasteiger partial charge in [-0.15, -0.1) is 24.0 Å². The van der Waals surface area contributed by atoms with E-state index in [9.17, 15) is 0 Å². The van der Waals surface area contributed by atoms with Gasteiger partial charge in [-0.1, -0.05) is 13.0 Å². The number of methoxy groups -OCH3 is 1. The van der Waals surface area contributed by atoms with Crippen molar-refractivity contribution in [3.63, 3.8) is 0 Å². The van der Waals surface area contributed by atoms with Crippen LogP contribution in [0, 0.1) is 0 Å². The molecule has 30 heavy (non-hydrogen) atoms. The molecule has 0 bridgehead atoms. The third kappa shape index (κ3) is 6.24. The summed E-state index contributed by atoms with van der Waals surface area (Å²) in [7, 11) is 5.38. The van der Waals surface area contributed by atoms with Crippen LogP contribution in [0.2, 0.25) is 0 Å². The molecule has 1 N–H and O–H groups in total. The fourth-order valence-corrected chi connectivity index (χ4v) is 3.32. The lowest BCUT2D eigenvalue weighted by atomic mass is 10.1. The molecule has 1 saturated heterocycles. The number of benzene rings is 1. The van der Waals surface area contributed by atoms with Crippen molar-refractivity contribution in [2.75, 3.05) is 40.5 Å². The molecular formula is C21H32IN5O3. The zero-order chi connectivity index (χ0) is 20.6. The van der Waals surface area contributed by atoms with E-state index in [1.807, 2.05) is 37.6 Å². The third-order valence-corrected chi connectivity index (χ3v) is 4.81. The Labute approximate surface area is 195 Å². The van der Waals surface area contributed by atoms with Crippen molar-refractivity contribution in [1.29, 1.82) is 0 Å². The zero-order valence-corrected chi connectivity index (χ0v) is 20.5. The number of nitrogens with zero attached hydrogens (tertiary/aromatic N) is 4. The van der Waals surface area contributed by atoms with Gasteiger partial charge in [-0.2, -0.15) is 5.10 Å². The van der Waals surface area contributed by atoms with E-state index in [0.29, 0.717) is 19.8 Å². The van der Waals surface area contributed by atoms with Crippen LogP contribution in [0.25, 0.3) is 0 Å². The molecule has 0 radical (unpaired) electrons. The first kappa shape index (κ1) is 24.3. The van der Waals surface area contributed by atoms with E-state index < -0.39 is 0 Å². The van der Waals surface area contributed by atoms with Gasteiger partial charge in [0.2, 0.25) is 0 Å². The molecule has 0 spiro atoms. The van der Waals surface area contributed by atoms with Crippen molar-refractivity contribution in [3.05, 3.63) is 41.7 Å². The fourth-order valence-electron chi connectivity index (χ4n) is 3.32. The molecular weight excluding hydrogens is 497 g/mol. The quantitative estimate of drug-likeness (QED) is 0.338. The first-order valence-corrected chi connectivity index (χ1v) is 10.00. The fraction of sp³-hybridized carbons (Fsp3) is 0.524. The molecule has 1 aliphatic rings. The summed E-state index contributed by atoms with van der Waals surface area (Å²) in [6, 6.07) is 6.01. The minimum Gasteiger partial charge on any atom is -0.493 e. The molecule has 1 aliphatic heterocycles. The van der Waals surface area contributed by atoms with Gasteiger partial charge in [0.25, 0.3) is 0 Å². The number of guanidine groups is 1. The van der Waals surface area contributed by atoms with Gasteiger partial charge in [0.15, 0.2) is 17.5 Å². The summed E-state index contributed by atoms with van der Waals surface area (Å²) in [5.74, 6) is 2.37. The average molecular weight is 529 g/mol. The van der Waals surface area contributed by atoms with Gasteiger partial charge in [0.05, 0.1) is 33.1 Å². The summed E-state index contributed by atoms with van der Waals surface area (Å²) in [5, 5.41) is 7.70. The van der Waals surface area contributed by atoms with Crippen LogP contribution in [0.5, 0.6) is 11.5 Å². The van der Waals surface area contributed by atoms with Crippen LogP contribution >= 0.6 is 24.0 Å². The predicted octanol–water partition coefficient (Wildman–Crippen LogP) is 2.98. The summed E-state index contributed by atoms with van der Waals surface area (Å²) in [5.41, 5.74) is 2.18. The Morgan fingerprint density at radius 1 is 1.37 bits per heavy atom. The summed E-state index contributed by atoms with van der Waals surface area (Å²) >= 11 is 0. The van der Waals surface area contributed by atoms with E-state index in [2.05, 4.69) is 27.2 Å². The maximum Gasteiger partial charge on any atom is 0.194 e. The highest BCUT2D eigenvalue weighted by Crippen LogP contribution is 2.28. The Kier molecular flexibility index (Phi) is 9.70. The molecule has 166 valence electrons. The smallest absolute Gasteiger partial charge is 0.194 e. The van der Waals surface area contributed by atoms with Gasteiger partial charge in [-0.3, -0.25) is 9.67 Å². The summed E-state index contributed by atoms with van der Waals surface area (Å²) < 4.78 is 18.9. The molecule has 0 aliphatic carbocycles. The Balaban J connectivity index is 0.00000320. The van der Waals surface area contributed by atoms with Crippen LogP contribution in [0.3, 0.4) is 0 Å². The molecule has 9 heteroatoms. The number of rotatable bonds is 7. The zero-order valence-electron chi connectivity index (χ0n) is 18.1. The first-order chi connectivity index (χ1) is 14.1. The van der Waals surface area contributed by atoms with Crippen LogP contribution in [-0.2, 0) is 18.3 Å². The van der Waals surface area contributed by atoms with E-state index in [1.165, 1.54) is 0 Å². The monoisotopic (exact) mass is 529 g/mol. The maximum atomic E-state index is 5.93. The third-order valence-electron chi connectivity index (χ3n) is 4.81. The minimum atomic E-state index is -0.00825. The topological polar surface area (TPSA) is 73.1 Å². The largest absolute Gasteiger partial charge is 0.493 e. The number of hydrogen-bond donors (Lipinski definition) is 1. The minimum absolute atomic E-state index is 0. The van der Waals surface area contributed by atoms with E-state index in [0.717, 1.165) is 48.1 Å². The van der Waals surface area contributed by atoms with Gasteiger partial charge in [-0.05, 0) is 24.1 Å². The number of aliphatic imine (C=N–C) groups is 1. The highest BCUT2D eigenvalue weighted by molar-refractivity contribution is 14.0. The van der Waals surface area contributed by atoms with Crippen molar-refractivity contribution in [2.45, 2.75) is 26.0 Å². The normalized spacial score (nSPS) is 16.7. The molecule has 1 unspecified atom stereocenters. The summed E-state index contributed by atoms with van der Waals surface area (Å²) in [6.07, 6.45) is 4.81. The number of halogens is 1. The van der Waals surface area contributed by atoms with Gasteiger partial charge in [-0.25, -0.2) is 0 Å². The lowest BCUT2D eigenvalue weighted by Crippen LogP contribution is -2.47. The van der Waals surface area contributed by atoms with Crippen molar-refractivity contribution >= 4 is 29.9 Å². The summed E-state index contributed by atoms with van der Waals surface area (Å²) in [6.45, 7) is 5.59. The molecule has 1 atom stereocenters. The molecule has 0 saturated carbocycles. The van der Waals surface area contributed by atoms with Gasteiger partial charge in [0, 0.05) is 38.9 Å². The molecule has 0 amide bonds. The Hall–Kier alpha value is -2.01. The lowest BCUT2D eigenvalue weighted by molar-refractivity contribution is -0.00805. The maximum absolute atomic E-state index is 5.93. The molecule has 8 nitrogen and oxygen atoms in total. The van der Waals surface area contributed by atoms with Gasteiger partial charge >= 0.3 is 0 Å². The van der Waals surface area contributed by atoms with Crippen molar-refractivity contribution in [2.24, 2.45) is 12.0 Å². The first-order valence-electron chi connectivity index (χ1n) is 10.00. The van der Waals surface area contributed by atoms with Crippen molar-refractivity contribution in [1.82, 2.24) is 20.0 Å². The number of aryl methyl sites for hydroxylation is 1. The standard InChI is InChI=1S/C21H31N5O3.HI/c1-5-9-28-18-7-6-16(11-19(18)27-4)12-23-21(22-2)26-8-10-29-20(15-26)17-13-24-25(3)14-17;/h6-7,11,13-14,20H,5,8-10,12,15H2,1-4H3,(H,22,23);1H. The van der Waals surface area contributed by atoms with Crippen molar-refractivity contribution in [3.8, 4) is 11.5 Å². The lowest BCUT2D eigenvalue weighted by Gasteiger charge is -2.34. The Bertz CT molecular complexity index is 827. The summed E-state index contributed by atoms with van der Waals surface area (Å²) in [4.78, 5) is 6.68. The highest BCUT2D eigenvalue weighted by atomic mass is 127. The van der Waals surface area contributed by atoms with Crippen LogP contribution in [0.15, 0.2) is 35.6 Å². The average Bonchev–Trinajstić information content (AvgIpc) is 3.19. The highest BCUT2D eigenvalue weighted by Gasteiger charge is 2.25. The number of ether oxygens (including phenoxy) is 3. The molecule has 2 aromatic rings. The Morgan fingerprint density at radius 3 is 2.87 bits per heavy atom. The molecule has 1 aromatic heterocycles. The van der Waals surface area contributed by atoms with E-state index in [4.69, 9.17) is 14.2 Å². The number of aromatic nitrogens is 2. The second kappa shape index (κ2) is 12.0. The van der Waals surface area contributed by atoms with Gasteiger partial charge in [0.1, 0.15) is 6.10 Å². The molecule has 3 rings (SSSR count). The van der Waals surface area contributed by atoms with Crippen LogP contribution in [0.1, 0.15) is 30.6 Å². The number of hydrogen-bond acceptors (Lipinski definition) is 5. The number of nitrogens with one attached hydrogen (secondary N) is 1. The SMILES string of the molecule is CCCOc1ccc(CNC(=NC)N2CCOC(c3cnn(C)c3)C2)cc1OC.I. The van der Waals surface area contributed by atoms with Gasteiger partial charge < -0.3 is 24.4 Å². The van der Waals surface area contributed by atoms with Crippen LogP contribution in [0.4, 0.5) is 0 Å².